The molecule has 0 rings (SSSR count). The van der Waals surface area contributed by atoms with Crippen LogP contribution >= 0.6 is 7.92 Å². The molecule has 0 aliphatic carbocycles. The molecule has 0 saturated carbocycles. The minimum atomic E-state index is -5.87. The van der Waals surface area contributed by atoms with Gasteiger partial charge in [-0.25, -0.2) is 0 Å². The largest absolute Gasteiger partial charge is 0.453 e. The van der Waals surface area contributed by atoms with Gasteiger partial charge in [-0.3, -0.25) is 0 Å². The molecule has 0 radical (unpaired) electrons. The zero-order valence-electron chi connectivity index (χ0n) is 10.8. The van der Waals surface area contributed by atoms with Crippen molar-refractivity contribution >= 4 is 7.92 Å². The first-order valence-electron chi connectivity index (χ1n) is 5.84. The van der Waals surface area contributed by atoms with E-state index in [0.717, 1.165) is 0 Å². The van der Waals surface area contributed by atoms with Gasteiger partial charge in [0.15, 0.2) is 0 Å². The smallest absolute Gasteiger partial charge is 0.196 e. The molecule has 0 fully saturated rings. The molecule has 0 amide bonds. The predicted molar refractivity (Wildman–Crippen MR) is 58.5 cm³/mol. The van der Waals surface area contributed by atoms with Crippen LogP contribution in [0.3, 0.4) is 0 Å². The van der Waals surface area contributed by atoms with E-state index in [1.165, 1.54) is 0 Å². The third kappa shape index (κ3) is 9.63. The molecule has 0 spiro atoms. The Morgan fingerprint density at radius 1 is 0.500 bits per heavy atom. The van der Waals surface area contributed by atoms with Crippen molar-refractivity contribution in [3.8, 4) is 0 Å². The zero-order valence-corrected chi connectivity index (χ0v) is 11.7. The van der Waals surface area contributed by atoms with Gasteiger partial charge >= 0.3 is 24.5 Å². The lowest BCUT2D eigenvalue weighted by atomic mass is 10.2. The number of hydrogen-bond acceptors (Lipinski definition) is 0. The van der Waals surface area contributed by atoms with Crippen molar-refractivity contribution in [3.63, 3.8) is 0 Å². The summed E-state index contributed by atoms with van der Waals surface area (Å²) < 4.78 is 133. The minimum absolute atomic E-state index is 0.858. The average molecular weight is 372 g/mol. The van der Waals surface area contributed by atoms with Gasteiger partial charge in [0.25, 0.3) is 0 Å². The van der Waals surface area contributed by atoms with Gasteiger partial charge in [0, 0.05) is 19.3 Å². The van der Waals surface area contributed by atoms with E-state index in [2.05, 4.69) is 0 Å². The fraction of sp³-hybridized carbons (Fsp3) is 1.00. The van der Waals surface area contributed by atoms with Crippen molar-refractivity contribution in [1.29, 1.82) is 0 Å². The Bertz CT molecular complexity index is 309. The Hall–Kier alpha value is -0.340. The number of hydrogen-bond donors (Lipinski definition) is 0. The second-order valence-corrected chi connectivity index (χ2v) is 7.21. The average Bonchev–Trinajstić information content (AvgIpc) is 2.23. The van der Waals surface area contributed by atoms with E-state index >= 15 is 0 Å². The molecule has 0 unspecified atom stereocenters. The summed E-state index contributed by atoms with van der Waals surface area (Å²) >= 11 is 0. The standard InChI is InChI=1S/C10H12F11P/c11-7(12,10(19,20)21)1-4-22(5-2-8(13,14)15)6-3-9(16,17)18/h1-6H2. The normalized spacial score (nSPS) is 14.7. The highest BCUT2D eigenvalue weighted by Gasteiger charge is 2.56. The van der Waals surface area contributed by atoms with E-state index in [0.29, 0.717) is 0 Å². The first kappa shape index (κ1) is 21.7. The lowest BCUT2D eigenvalue weighted by Crippen LogP contribution is -2.37. The molecule has 134 valence electrons. The van der Waals surface area contributed by atoms with E-state index in [-0.39, 0.29) is 0 Å². The second kappa shape index (κ2) is 7.49. The summed E-state index contributed by atoms with van der Waals surface area (Å²) in [7, 11) is -2.22. The lowest BCUT2D eigenvalue weighted by molar-refractivity contribution is -0.282. The molecule has 0 N–H and O–H groups in total. The van der Waals surface area contributed by atoms with Crippen LogP contribution in [0.2, 0.25) is 0 Å². The number of rotatable bonds is 7. The van der Waals surface area contributed by atoms with E-state index in [1.54, 1.807) is 0 Å². The first-order valence-corrected chi connectivity index (χ1v) is 7.74. The highest BCUT2D eigenvalue weighted by Crippen LogP contribution is 2.46. The predicted octanol–water partition coefficient (Wildman–Crippen LogP) is 5.96. The van der Waals surface area contributed by atoms with E-state index < -0.39 is 70.1 Å². The quantitative estimate of drug-likeness (QED) is 0.382. The molecule has 0 bridgehead atoms. The van der Waals surface area contributed by atoms with Gasteiger partial charge in [-0.1, -0.05) is 0 Å². The van der Waals surface area contributed by atoms with Crippen molar-refractivity contribution in [2.75, 3.05) is 18.5 Å². The third-order valence-corrected chi connectivity index (χ3v) is 5.15. The molecule has 0 aromatic carbocycles. The molecular formula is C10H12F11P. The van der Waals surface area contributed by atoms with Crippen LogP contribution in [0.4, 0.5) is 48.3 Å². The minimum Gasteiger partial charge on any atom is -0.196 e. The van der Waals surface area contributed by atoms with Crippen LogP contribution in [0.25, 0.3) is 0 Å². The summed E-state index contributed by atoms with van der Waals surface area (Å²) in [6.07, 6.45) is -22.8. The van der Waals surface area contributed by atoms with Crippen molar-refractivity contribution in [2.24, 2.45) is 0 Å². The Kier molecular flexibility index (Phi) is 7.37. The maximum Gasteiger partial charge on any atom is 0.453 e. The zero-order chi connectivity index (χ0) is 17.8. The van der Waals surface area contributed by atoms with Crippen LogP contribution in [0.5, 0.6) is 0 Å². The van der Waals surface area contributed by atoms with Crippen LogP contribution < -0.4 is 0 Å². The molecule has 0 aliphatic heterocycles. The topological polar surface area (TPSA) is 0 Å². The van der Waals surface area contributed by atoms with Crippen molar-refractivity contribution in [3.05, 3.63) is 0 Å². The molecule has 0 nitrogen and oxygen atoms in total. The van der Waals surface area contributed by atoms with Crippen molar-refractivity contribution in [1.82, 2.24) is 0 Å². The van der Waals surface area contributed by atoms with Gasteiger partial charge in [0.1, 0.15) is 0 Å². The van der Waals surface area contributed by atoms with Crippen LogP contribution in [0.15, 0.2) is 0 Å². The molecule has 12 heteroatoms. The van der Waals surface area contributed by atoms with Gasteiger partial charge < -0.3 is 0 Å². The van der Waals surface area contributed by atoms with Crippen LogP contribution in [-0.2, 0) is 0 Å². The summed E-state index contributed by atoms with van der Waals surface area (Å²) in [6, 6.07) is 0. The molecular weight excluding hydrogens is 360 g/mol. The van der Waals surface area contributed by atoms with E-state index in [4.69, 9.17) is 0 Å². The monoisotopic (exact) mass is 372 g/mol. The van der Waals surface area contributed by atoms with Gasteiger partial charge in [-0.15, -0.1) is 7.92 Å². The fourth-order valence-corrected chi connectivity index (χ4v) is 3.75. The highest BCUT2D eigenvalue weighted by atomic mass is 31.1. The summed E-state index contributed by atoms with van der Waals surface area (Å²) in [4.78, 5) is 0. The van der Waals surface area contributed by atoms with Gasteiger partial charge in [-0.2, -0.15) is 48.3 Å². The molecule has 0 heterocycles. The van der Waals surface area contributed by atoms with Crippen LogP contribution in [0, 0.1) is 0 Å². The lowest BCUT2D eigenvalue weighted by Gasteiger charge is -2.24. The van der Waals surface area contributed by atoms with Crippen molar-refractivity contribution in [2.45, 2.75) is 43.7 Å². The third-order valence-electron chi connectivity index (χ3n) is 2.58. The number of alkyl halides is 11. The second-order valence-electron chi connectivity index (χ2n) is 4.52. The van der Waals surface area contributed by atoms with Gasteiger partial charge in [0.2, 0.25) is 0 Å². The summed E-state index contributed by atoms with van der Waals surface area (Å²) in [6.45, 7) is 0. The van der Waals surface area contributed by atoms with Crippen LogP contribution in [0.1, 0.15) is 19.3 Å². The summed E-state index contributed by atoms with van der Waals surface area (Å²) in [5.41, 5.74) is 0. The molecule has 0 aromatic heterocycles. The van der Waals surface area contributed by atoms with E-state index in [9.17, 15) is 48.3 Å². The Morgan fingerprint density at radius 3 is 1.09 bits per heavy atom. The molecule has 0 atom stereocenters. The summed E-state index contributed by atoms with van der Waals surface area (Å²) in [5.74, 6) is -5.12. The maximum atomic E-state index is 12.7. The van der Waals surface area contributed by atoms with Crippen LogP contribution in [-0.4, -0.2) is 42.9 Å². The molecule has 22 heavy (non-hydrogen) atoms. The fourth-order valence-electron chi connectivity index (χ4n) is 1.35. The Balaban J connectivity index is 4.65. The van der Waals surface area contributed by atoms with Gasteiger partial charge in [-0.05, 0) is 18.5 Å². The van der Waals surface area contributed by atoms with E-state index in [1.807, 2.05) is 0 Å². The molecule has 0 aromatic rings. The molecule has 0 saturated heterocycles. The SMILES string of the molecule is FC(F)(F)CCP(CCC(F)(F)F)CCC(F)(F)C(F)(F)F. The molecule has 0 aliphatic rings. The first-order chi connectivity index (χ1) is 9.54. The highest BCUT2D eigenvalue weighted by molar-refractivity contribution is 7.57. The number of halogens is 11. The maximum absolute atomic E-state index is 12.7. The Labute approximate surface area is 119 Å². The van der Waals surface area contributed by atoms with Gasteiger partial charge in [0.05, 0.1) is 0 Å². The Morgan fingerprint density at radius 2 is 0.818 bits per heavy atom. The summed E-state index contributed by atoms with van der Waals surface area (Å²) in [5, 5.41) is 0. The van der Waals surface area contributed by atoms with Crippen molar-refractivity contribution < 1.29 is 48.3 Å².